The standard InChI is InChI=1S/C12H7FIN3O/c13-7-2-1-3-8(4-7)17-5-9(14)10-11(17)15-6-16-12(10)18/h1-6H,(H,15,16,18). The third-order valence-electron chi connectivity index (χ3n) is 2.63. The predicted molar refractivity (Wildman–Crippen MR) is 74.4 cm³/mol. The van der Waals surface area contributed by atoms with E-state index in [0.29, 0.717) is 16.7 Å². The van der Waals surface area contributed by atoms with Crippen molar-refractivity contribution in [2.75, 3.05) is 0 Å². The van der Waals surface area contributed by atoms with Gasteiger partial charge in [0.05, 0.1) is 11.7 Å². The quantitative estimate of drug-likeness (QED) is 0.682. The van der Waals surface area contributed by atoms with Crippen LogP contribution in [0.25, 0.3) is 16.7 Å². The van der Waals surface area contributed by atoms with Crippen LogP contribution in [0, 0.1) is 9.39 Å². The fraction of sp³-hybridized carbons (Fsp3) is 0. The second-order valence-electron chi connectivity index (χ2n) is 3.76. The van der Waals surface area contributed by atoms with Crippen LogP contribution in [0.3, 0.4) is 0 Å². The van der Waals surface area contributed by atoms with Crippen molar-refractivity contribution in [2.45, 2.75) is 0 Å². The molecule has 3 rings (SSSR count). The average Bonchev–Trinajstić information content (AvgIpc) is 2.68. The molecule has 0 bridgehead atoms. The van der Waals surface area contributed by atoms with Gasteiger partial charge in [-0.05, 0) is 40.8 Å². The first kappa shape index (κ1) is 11.4. The van der Waals surface area contributed by atoms with Crippen molar-refractivity contribution in [1.29, 1.82) is 0 Å². The first-order chi connectivity index (χ1) is 8.66. The first-order valence-electron chi connectivity index (χ1n) is 5.17. The Morgan fingerprint density at radius 1 is 1.39 bits per heavy atom. The lowest BCUT2D eigenvalue weighted by molar-refractivity contribution is 0.627. The van der Waals surface area contributed by atoms with Gasteiger partial charge in [-0.25, -0.2) is 9.37 Å². The SMILES string of the molecule is O=c1[nH]cnc2c1c(I)cn2-c1cccc(F)c1. The molecule has 90 valence electrons. The van der Waals surface area contributed by atoms with Crippen molar-refractivity contribution in [3.63, 3.8) is 0 Å². The maximum absolute atomic E-state index is 13.2. The second kappa shape index (κ2) is 4.20. The third kappa shape index (κ3) is 1.72. The molecular weight excluding hydrogens is 348 g/mol. The number of hydrogen-bond acceptors (Lipinski definition) is 2. The number of hydrogen-bond donors (Lipinski definition) is 1. The maximum Gasteiger partial charge on any atom is 0.261 e. The van der Waals surface area contributed by atoms with Gasteiger partial charge >= 0.3 is 0 Å². The van der Waals surface area contributed by atoms with Crippen molar-refractivity contribution in [1.82, 2.24) is 14.5 Å². The summed E-state index contributed by atoms with van der Waals surface area (Å²) in [6, 6.07) is 6.16. The number of fused-ring (bicyclic) bond motifs is 1. The number of H-pyrrole nitrogens is 1. The van der Waals surface area contributed by atoms with Crippen molar-refractivity contribution in [3.8, 4) is 5.69 Å². The van der Waals surface area contributed by atoms with Crippen molar-refractivity contribution in [2.24, 2.45) is 0 Å². The zero-order chi connectivity index (χ0) is 12.7. The molecule has 6 heteroatoms. The largest absolute Gasteiger partial charge is 0.312 e. The van der Waals surface area contributed by atoms with Crippen molar-refractivity contribution >= 4 is 33.6 Å². The Bertz CT molecular complexity index is 793. The third-order valence-corrected chi connectivity index (χ3v) is 3.45. The lowest BCUT2D eigenvalue weighted by atomic mass is 10.3. The number of rotatable bonds is 1. The maximum atomic E-state index is 13.2. The smallest absolute Gasteiger partial charge is 0.261 e. The number of halogens is 2. The highest BCUT2D eigenvalue weighted by atomic mass is 127. The molecule has 1 aromatic carbocycles. The highest BCUT2D eigenvalue weighted by Crippen LogP contribution is 2.21. The zero-order valence-electron chi connectivity index (χ0n) is 9.02. The van der Waals surface area contributed by atoms with Gasteiger partial charge in [-0.2, -0.15) is 0 Å². The van der Waals surface area contributed by atoms with Crippen LogP contribution < -0.4 is 5.56 Å². The van der Waals surface area contributed by atoms with Crippen LogP contribution in [0.4, 0.5) is 4.39 Å². The molecule has 0 amide bonds. The van der Waals surface area contributed by atoms with E-state index in [1.807, 2.05) is 0 Å². The molecule has 4 nitrogen and oxygen atoms in total. The Kier molecular flexibility index (Phi) is 2.66. The first-order valence-corrected chi connectivity index (χ1v) is 6.25. The van der Waals surface area contributed by atoms with Crippen LogP contribution in [0.1, 0.15) is 0 Å². The fourth-order valence-corrected chi connectivity index (χ4v) is 2.61. The van der Waals surface area contributed by atoms with E-state index in [4.69, 9.17) is 0 Å². The topological polar surface area (TPSA) is 50.7 Å². The molecule has 2 heterocycles. The van der Waals surface area contributed by atoms with E-state index in [-0.39, 0.29) is 11.4 Å². The van der Waals surface area contributed by atoms with E-state index in [9.17, 15) is 9.18 Å². The van der Waals surface area contributed by atoms with Crippen LogP contribution in [0.5, 0.6) is 0 Å². The van der Waals surface area contributed by atoms with E-state index in [1.54, 1.807) is 22.9 Å². The van der Waals surface area contributed by atoms with Crippen LogP contribution in [-0.2, 0) is 0 Å². The molecule has 0 aliphatic heterocycles. The molecule has 2 aromatic heterocycles. The summed E-state index contributed by atoms with van der Waals surface area (Å²) in [5.74, 6) is -0.325. The highest BCUT2D eigenvalue weighted by molar-refractivity contribution is 14.1. The minimum atomic E-state index is -0.325. The number of aromatic nitrogens is 3. The summed E-state index contributed by atoms with van der Waals surface area (Å²) in [7, 11) is 0. The molecular formula is C12H7FIN3O. The van der Waals surface area contributed by atoms with E-state index in [0.717, 1.165) is 3.57 Å². The average molecular weight is 355 g/mol. The van der Waals surface area contributed by atoms with Gasteiger partial charge in [0.1, 0.15) is 5.82 Å². The van der Waals surface area contributed by atoms with Gasteiger partial charge in [-0.1, -0.05) is 6.07 Å². The lowest BCUT2D eigenvalue weighted by Gasteiger charge is -2.03. The minimum absolute atomic E-state index is 0.195. The van der Waals surface area contributed by atoms with Crippen molar-refractivity contribution in [3.05, 3.63) is 56.5 Å². The minimum Gasteiger partial charge on any atom is -0.312 e. The number of nitrogens with one attached hydrogen (secondary N) is 1. The van der Waals surface area contributed by atoms with Gasteiger partial charge in [-0.15, -0.1) is 0 Å². The van der Waals surface area contributed by atoms with Gasteiger partial charge in [0.2, 0.25) is 0 Å². The van der Waals surface area contributed by atoms with Gasteiger partial charge in [0.25, 0.3) is 5.56 Å². The van der Waals surface area contributed by atoms with Gasteiger partial charge in [0, 0.05) is 15.5 Å². The van der Waals surface area contributed by atoms with E-state index >= 15 is 0 Å². The van der Waals surface area contributed by atoms with E-state index in [2.05, 4.69) is 32.6 Å². The van der Waals surface area contributed by atoms with E-state index in [1.165, 1.54) is 18.5 Å². The normalized spacial score (nSPS) is 11.0. The monoisotopic (exact) mass is 355 g/mol. The van der Waals surface area contributed by atoms with Gasteiger partial charge in [-0.3, -0.25) is 9.36 Å². The Labute approximate surface area is 115 Å². The summed E-state index contributed by atoms with van der Waals surface area (Å²) in [5.41, 5.74) is 0.967. The Morgan fingerprint density at radius 3 is 3.00 bits per heavy atom. The van der Waals surface area contributed by atoms with Gasteiger partial charge < -0.3 is 4.98 Å². The molecule has 0 aliphatic rings. The van der Waals surface area contributed by atoms with Crippen LogP contribution in [0.15, 0.2) is 41.6 Å². The number of aromatic amines is 1. The van der Waals surface area contributed by atoms with Crippen LogP contribution in [-0.4, -0.2) is 14.5 Å². The summed E-state index contributed by atoms with van der Waals surface area (Å²) >= 11 is 2.07. The summed E-state index contributed by atoms with van der Waals surface area (Å²) < 4.78 is 15.7. The van der Waals surface area contributed by atoms with Gasteiger partial charge in [0.15, 0.2) is 5.65 Å². The number of nitrogens with zero attached hydrogens (tertiary/aromatic N) is 2. The summed E-state index contributed by atoms with van der Waals surface area (Å²) in [4.78, 5) is 18.4. The Morgan fingerprint density at radius 2 is 2.22 bits per heavy atom. The van der Waals surface area contributed by atoms with Crippen LogP contribution >= 0.6 is 22.6 Å². The fourth-order valence-electron chi connectivity index (χ4n) is 1.85. The lowest BCUT2D eigenvalue weighted by Crippen LogP contribution is -2.07. The molecule has 0 atom stereocenters. The Balaban J connectivity index is 2.38. The molecule has 0 spiro atoms. The molecule has 0 fully saturated rings. The molecule has 1 N–H and O–H groups in total. The molecule has 0 saturated carbocycles. The summed E-state index contributed by atoms with van der Waals surface area (Å²) in [6.07, 6.45) is 3.11. The highest BCUT2D eigenvalue weighted by Gasteiger charge is 2.12. The molecule has 0 aliphatic carbocycles. The molecule has 18 heavy (non-hydrogen) atoms. The van der Waals surface area contributed by atoms with Crippen LogP contribution in [0.2, 0.25) is 0 Å². The zero-order valence-corrected chi connectivity index (χ0v) is 11.2. The predicted octanol–water partition coefficient (Wildman–Crippen LogP) is 2.46. The molecule has 3 aromatic rings. The van der Waals surface area contributed by atoms with E-state index < -0.39 is 0 Å². The summed E-state index contributed by atoms with van der Waals surface area (Å²) in [5, 5.41) is 0.516. The second-order valence-corrected chi connectivity index (χ2v) is 4.92. The Hall–Kier alpha value is -1.70. The number of benzene rings is 1. The van der Waals surface area contributed by atoms with Crippen molar-refractivity contribution < 1.29 is 4.39 Å². The molecule has 0 unspecified atom stereocenters. The summed E-state index contributed by atoms with van der Waals surface area (Å²) in [6.45, 7) is 0. The molecule has 0 radical (unpaired) electrons. The molecule has 0 saturated heterocycles.